The Morgan fingerprint density at radius 3 is 2.21 bits per heavy atom. The third-order valence-corrected chi connectivity index (χ3v) is 8.01. The lowest BCUT2D eigenvalue weighted by atomic mass is 10.2. The molecule has 0 saturated heterocycles. The molecule has 114 valence electrons. The monoisotopic (exact) mass is 292 g/mol. The van der Waals surface area contributed by atoms with Crippen molar-refractivity contribution in [2.24, 2.45) is 0 Å². The first-order valence-electron chi connectivity index (χ1n) is 6.52. The van der Waals surface area contributed by atoms with Gasteiger partial charge in [0.2, 0.25) is 0 Å². The lowest BCUT2D eigenvalue weighted by Gasteiger charge is -2.38. The number of esters is 1. The lowest BCUT2D eigenvalue weighted by Crippen LogP contribution is -2.44. The topological polar surface area (TPSA) is 65.0 Å². The molecule has 0 radical (unpaired) electrons. The van der Waals surface area contributed by atoms with E-state index >= 15 is 0 Å². The van der Waals surface area contributed by atoms with Crippen molar-refractivity contribution in [3.63, 3.8) is 0 Å². The Kier molecular flexibility index (Phi) is 7.21. The minimum absolute atomic E-state index is 0.0641. The van der Waals surface area contributed by atoms with Crippen molar-refractivity contribution >= 4 is 14.3 Å². The second kappa shape index (κ2) is 7.38. The van der Waals surface area contributed by atoms with E-state index in [9.17, 15) is 9.90 Å². The summed E-state index contributed by atoms with van der Waals surface area (Å²) >= 11 is 0. The first-order chi connectivity index (χ1) is 8.51. The zero-order chi connectivity index (χ0) is 15.3. The molecular weight excluding hydrogens is 264 g/mol. The third-order valence-electron chi connectivity index (χ3n) is 3.40. The van der Waals surface area contributed by atoms with Crippen LogP contribution >= 0.6 is 0 Å². The molecule has 6 heteroatoms. The minimum atomic E-state index is -1.81. The number of carbonyl (C=O) groups excluding carboxylic acids is 1. The summed E-state index contributed by atoms with van der Waals surface area (Å²) in [5.41, 5.74) is 0. The van der Waals surface area contributed by atoms with Gasteiger partial charge in [0.05, 0.1) is 26.4 Å². The molecule has 0 unspecified atom stereocenters. The van der Waals surface area contributed by atoms with Gasteiger partial charge in [0.25, 0.3) is 0 Å². The highest BCUT2D eigenvalue weighted by Crippen LogP contribution is 2.37. The summed E-state index contributed by atoms with van der Waals surface area (Å²) < 4.78 is 15.8. The fourth-order valence-corrected chi connectivity index (χ4v) is 2.69. The van der Waals surface area contributed by atoms with Crippen LogP contribution in [0.2, 0.25) is 18.1 Å². The smallest absolute Gasteiger partial charge is 0.337 e. The Bertz CT molecular complexity index is 285. The third kappa shape index (κ3) is 6.51. The van der Waals surface area contributed by atoms with Crippen LogP contribution in [0.15, 0.2) is 0 Å². The van der Waals surface area contributed by atoms with Crippen molar-refractivity contribution in [3.05, 3.63) is 0 Å². The average Bonchev–Trinajstić information content (AvgIpc) is 2.25. The van der Waals surface area contributed by atoms with Crippen LogP contribution in [0, 0.1) is 0 Å². The highest BCUT2D eigenvalue weighted by Gasteiger charge is 2.38. The van der Waals surface area contributed by atoms with Crippen LogP contribution in [-0.4, -0.2) is 51.9 Å². The van der Waals surface area contributed by atoms with Crippen molar-refractivity contribution < 1.29 is 23.8 Å². The van der Waals surface area contributed by atoms with E-state index in [0.717, 1.165) is 0 Å². The predicted octanol–water partition coefficient (Wildman–Crippen LogP) is 1.95. The van der Waals surface area contributed by atoms with Crippen molar-refractivity contribution in [1.29, 1.82) is 0 Å². The highest BCUT2D eigenvalue weighted by molar-refractivity contribution is 6.74. The Morgan fingerprint density at radius 1 is 1.26 bits per heavy atom. The normalized spacial score (nSPS) is 16.0. The number of methoxy groups -OCH3 is 1. The van der Waals surface area contributed by atoms with Crippen LogP contribution in [0.1, 0.15) is 27.7 Å². The fourth-order valence-electron chi connectivity index (χ4n) is 1.26. The van der Waals surface area contributed by atoms with Gasteiger partial charge >= 0.3 is 5.97 Å². The van der Waals surface area contributed by atoms with Crippen molar-refractivity contribution in [2.45, 2.75) is 58.0 Å². The summed E-state index contributed by atoms with van der Waals surface area (Å²) in [4.78, 5) is 11.0. The molecule has 0 heterocycles. The van der Waals surface area contributed by atoms with E-state index in [1.807, 2.05) is 6.92 Å². The predicted molar refractivity (Wildman–Crippen MR) is 76.6 cm³/mol. The van der Waals surface area contributed by atoms with Gasteiger partial charge in [-0.25, -0.2) is 4.79 Å². The standard InChI is InChI=1S/C13H28O5Si/c1-10(18-19(6,7)13(2,3)4)8-17-9-11(14)12(15)16-5/h10-11,14H,8-9H2,1-7H3/t10-,11-/m0/s1. The molecule has 2 atom stereocenters. The molecule has 0 aromatic carbocycles. The van der Waals surface area contributed by atoms with E-state index in [1.54, 1.807) is 0 Å². The molecular formula is C13H28O5Si. The van der Waals surface area contributed by atoms with E-state index in [-0.39, 0.29) is 17.7 Å². The van der Waals surface area contributed by atoms with Crippen LogP contribution in [0.5, 0.6) is 0 Å². The van der Waals surface area contributed by atoms with Crippen molar-refractivity contribution in [2.75, 3.05) is 20.3 Å². The zero-order valence-corrected chi connectivity index (χ0v) is 14.1. The number of aliphatic hydroxyl groups is 1. The van der Waals surface area contributed by atoms with Gasteiger partial charge in [-0.05, 0) is 25.1 Å². The van der Waals surface area contributed by atoms with Gasteiger partial charge in [0.15, 0.2) is 14.4 Å². The van der Waals surface area contributed by atoms with Crippen LogP contribution in [0.3, 0.4) is 0 Å². The van der Waals surface area contributed by atoms with Crippen LogP contribution in [-0.2, 0) is 18.7 Å². The molecule has 0 aromatic heterocycles. The van der Waals surface area contributed by atoms with Crippen LogP contribution < -0.4 is 0 Å². The zero-order valence-electron chi connectivity index (χ0n) is 13.1. The maximum atomic E-state index is 11.0. The molecule has 0 aliphatic heterocycles. The van der Waals surface area contributed by atoms with E-state index in [4.69, 9.17) is 9.16 Å². The van der Waals surface area contributed by atoms with E-state index in [0.29, 0.717) is 6.61 Å². The maximum absolute atomic E-state index is 11.0. The molecule has 0 aliphatic rings. The quantitative estimate of drug-likeness (QED) is 0.574. The summed E-state index contributed by atoms with van der Waals surface area (Å²) in [6.07, 6.45) is -1.30. The van der Waals surface area contributed by atoms with Gasteiger partial charge < -0.3 is 19.0 Å². The molecule has 0 saturated carbocycles. The molecule has 0 spiro atoms. The van der Waals surface area contributed by atoms with Gasteiger partial charge in [-0.1, -0.05) is 20.8 Å². The first kappa shape index (κ1) is 18.6. The van der Waals surface area contributed by atoms with E-state index in [2.05, 4.69) is 38.6 Å². The number of ether oxygens (including phenoxy) is 2. The molecule has 0 fully saturated rings. The number of aliphatic hydroxyl groups excluding tert-OH is 1. The lowest BCUT2D eigenvalue weighted by molar-refractivity contribution is -0.154. The summed E-state index contributed by atoms with van der Waals surface area (Å²) in [7, 11) is -0.577. The first-order valence-corrected chi connectivity index (χ1v) is 9.43. The molecule has 0 aromatic rings. The Morgan fingerprint density at radius 2 is 1.79 bits per heavy atom. The molecule has 0 bridgehead atoms. The van der Waals surface area contributed by atoms with Gasteiger partial charge in [0.1, 0.15) is 0 Å². The Labute approximate surface area is 117 Å². The molecule has 5 nitrogen and oxygen atoms in total. The number of carbonyl (C=O) groups is 1. The second-order valence-corrected chi connectivity index (χ2v) is 11.0. The maximum Gasteiger partial charge on any atom is 0.337 e. The number of rotatable bonds is 7. The molecule has 1 N–H and O–H groups in total. The van der Waals surface area contributed by atoms with Crippen molar-refractivity contribution in [1.82, 2.24) is 0 Å². The van der Waals surface area contributed by atoms with Crippen LogP contribution in [0.25, 0.3) is 0 Å². The molecule has 0 amide bonds. The summed E-state index contributed by atoms with van der Waals surface area (Å²) in [6.45, 7) is 13.1. The molecule has 19 heavy (non-hydrogen) atoms. The van der Waals surface area contributed by atoms with Gasteiger partial charge in [-0.2, -0.15) is 0 Å². The second-order valence-electron chi connectivity index (χ2n) is 6.27. The molecule has 0 aliphatic carbocycles. The fraction of sp³-hybridized carbons (Fsp3) is 0.923. The van der Waals surface area contributed by atoms with Gasteiger partial charge in [-0.15, -0.1) is 0 Å². The molecule has 0 rings (SSSR count). The summed E-state index contributed by atoms with van der Waals surface area (Å²) in [6, 6.07) is 0. The van der Waals surface area contributed by atoms with Gasteiger partial charge in [-0.3, -0.25) is 0 Å². The summed E-state index contributed by atoms with van der Waals surface area (Å²) in [5, 5.41) is 9.51. The Balaban J connectivity index is 4.07. The largest absolute Gasteiger partial charge is 0.467 e. The van der Waals surface area contributed by atoms with E-state index in [1.165, 1.54) is 7.11 Å². The van der Waals surface area contributed by atoms with Crippen LogP contribution in [0.4, 0.5) is 0 Å². The van der Waals surface area contributed by atoms with E-state index < -0.39 is 20.4 Å². The SMILES string of the molecule is COC(=O)[C@@H](O)COC[C@H](C)O[Si](C)(C)C(C)(C)C. The number of hydrogen-bond acceptors (Lipinski definition) is 5. The Hall–Kier alpha value is -0.433. The van der Waals surface area contributed by atoms with Gasteiger partial charge in [0, 0.05) is 0 Å². The summed E-state index contributed by atoms with van der Waals surface area (Å²) in [5.74, 6) is -0.682. The highest BCUT2D eigenvalue weighted by atomic mass is 28.4. The number of hydrogen-bond donors (Lipinski definition) is 1. The van der Waals surface area contributed by atoms with Crippen molar-refractivity contribution in [3.8, 4) is 0 Å². The minimum Gasteiger partial charge on any atom is -0.467 e. The average molecular weight is 292 g/mol.